The number of fused-ring (bicyclic) bond motifs is 1. The maximum absolute atomic E-state index is 12.5. The predicted octanol–water partition coefficient (Wildman–Crippen LogP) is 4.03. The van der Waals surface area contributed by atoms with E-state index in [9.17, 15) is 4.79 Å². The summed E-state index contributed by atoms with van der Waals surface area (Å²) in [5.74, 6) is -0.0208. The Balaban J connectivity index is 1.97. The normalized spacial score (nSPS) is 13.8. The Labute approximate surface area is 123 Å². The third-order valence-corrected chi connectivity index (χ3v) is 4.01. The van der Waals surface area contributed by atoms with Crippen LogP contribution >= 0.6 is 11.6 Å². The lowest BCUT2D eigenvalue weighted by atomic mass is 9.89. The van der Waals surface area contributed by atoms with Gasteiger partial charge in [0.25, 0.3) is 0 Å². The van der Waals surface area contributed by atoms with Gasteiger partial charge in [0.15, 0.2) is 5.78 Å². The zero-order valence-electron chi connectivity index (χ0n) is 11.2. The van der Waals surface area contributed by atoms with Gasteiger partial charge >= 0.3 is 0 Å². The smallest absolute Gasteiger partial charge is 0.193 e. The van der Waals surface area contributed by atoms with E-state index in [1.54, 1.807) is 18.2 Å². The summed E-state index contributed by atoms with van der Waals surface area (Å²) in [5.41, 5.74) is 10.2. The summed E-state index contributed by atoms with van der Waals surface area (Å²) in [7, 11) is 0. The molecule has 0 saturated carbocycles. The summed E-state index contributed by atoms with van der Waals surface area (Å²) in [6.45, 7) is 0. The van der Waals surface area contributed by atoms with Gasteiger partial charge in [-0.25, -0.2) is 0 Å². The number of anilines is 1. The highest BCUT2D eigenvalue weighted by molar-refractivity contribution is 6.31. The van der Waals surface area contributed by atoms with E-state index >= 15 is 0 Å². The number of carbonyl (C=O) groups is 1. The lowest BCUT2D eigenvalue weighted by molar-refractivity contribution is 0.103. The molecule has 2 aromatic carbocycles. The fraction of sp³-hybridized carbons (Fsp3) is 0.235. The number of halogens is 1. The molecular formula is C17H16ClNO. The molecule has 2 nitrogen and oxygen atoms in total. The van der Waals surface area contributed by atoms with Crippen molar-refractivity contribution in [2.45, 2.75) is 25.7 Å². The quantitative estimate of drug-likeness (QED) is 0.669. The average Bonchev–Trinajstić information content (AvgIpc) is 2.45. The molecule has 102 valence electrons. The van der Waals surface area contributed by atoms with E-state index in [0.717, 1.165) is 12.8 Å². The molecule has 0 spiro atoms. The molecule has 1 aliphatic carbocycles. The van der Waals surface area contributed by atoms with Crippen LogP contribution < -0.4 is 5.73 Å². The Morgan fingerprint density at radius 3 is 2.45 bits per heavy atom. The SMILES string of the molecule is Nc1cc(Cl)cc(C(=O)c2ccc3c(c2)CCCC3)c1. The molecule has 2 aromatic rings. The van der Waals surface area contributed by atoms with Crippen LogP contribution in [0.3, 0.4) is 0 Å². The zero-order valence-corrected chi connectivity index (χ0v) is 11.9. The fourth-order valence-electron chi connectivity index (χ4n) is 2.78. The lowest BCUT2D eigenvalue weighted by Gasteiger charge is -2.16. The number of hydrogen-bond acceptors (Lipinski definition) is 2. The summed E-state index contributed by atoms with van der Waals surface area (Å²) < 4.78 is 0. The van der Waals surface area contributed by atoms with Gasteiger partial charge in [0, 0.05) is 21.8 Å². The van der Waals surface area contributed by atoms with Gasteiger partial charge in [-0.15, -0.1) is 0 Å². The Morgan fingerprint density at radius 1 is 0.950 bits per heavy atom. The molecule has 0 atom stereocenters. The van der Waals surface area contributed by atoms with Crippen LogP contribution in [0.5, 0.6) is 0 Å². The van der Waals surface area contributed by atoms with E-state index in [1.165, 1.54) is 24.0 Å². The van der Waals surface area contributed by atoms with Gasteiger partial charge < -0.3 is 5.73 Å². The monoisotopic (exact) mass is 285 g/mol. The van der Waals surface area contributed by atoms with E-state index in [-0.39, 0.29) is 5.78 Å². The third kappa shape index (κ3) is 2.56. The highest BCUT2D eigenvalue weighted by atomic mass is 35.5. The molecule has 3 heteroatoms. The molecule has 3 rings (SSSR count). The Bertz CT molecular complexity index is 658. The van der Waals surface area contributed by atoms with Gasteiger partial charge in [0.1, 0.15) is 0 Å². The second kappa shape index (κ2) is 5.29. The molecule has 0 aliphatic heterocycles. The van der Waals surface area contributed by atoms with Crippen molar-refractivity contribution in [2.75, 3.05) is 5.73 Å². The molecule has 0 heterocycles. The van der Waals surface area contributed by atoms with Crippen molar-refractivity contribution in [3.8, 4) is 0 Å². The molecule has 0 amide bonds. The Hall–Kier alpha value is -1.80. The minimum atomic E-state index is -0.0208. The highest BCUT2D eigenvalue weighted by Gasteiger charge is 2.15. The average molecular weight is 286 g/mol. The van der Waals surface area contributed by atoms with Crippen LogP contribution in [0, 0.1) is 0 Å². The van der Waals surface area contributed by atoms with Crippen LogP contribution in [0.25, 0.3) is 0 Å². The van der Waals surface area contributed by atoms with Gasteiger partial charge in [-0.3, -0.25) is 4.79 Å². The fourth-order valence-corrected chi connectivity index (χ4v) is 3.03. The standard InChI is InChI=1S/C17H16ClNO/c18-15-8-14(9-16(19)10-15)17(20)13-6-5-11-3-1-2-4-12(11)7-13/h5-10H,1-4,19H2. The Kier molecular flexibility index (Phi) is 3.49. The number of nitrogen functional groups attached to an aromatic ring is 1. The van der Waals surface area contributed by atoms with Crippen molar-refractivity contribution in [1.29, 1.82) is 0 Å². The molecular weight excluding hydrogens is 270 g/mol. The number of ketones is 1. The molecule has 0 bridgehead atoms. The largest absolute Gasteiger partial charge is 0.399 e. The van der Waals surface area contributed by atoms with Gasteiger partial charge in [-0.05, 0) is 61.1 Å². The van der Waals surface area contributed by atoms with Crippen molar-refractivity contribution in [3.63, 3.8) is 0 Å². The maximum atomic E-state index is 12.5. The summed E-state index contributed by atoms with van der Waals surface area (Å²) in [6, 6.07) is 11.0. The van der Waals surface area contributed by atoms with Crippen LogP contribution in [0.4, 0.5) is 5.69 Å². The number of hydrogen-bond donors (Lipinski definition) is 1. The number of rotatable bonds is 2. The minimum absolute atomic E-state index is 0.0208. The van der Waals surface area contributed by atoms with E-state index in [4.69, 9.17) is 17.3 Å². The predicted molar refractivity (Wildman–Crippen MR) is 82.4 cm³/mol. The molecule has 20 heavy (non-hydrogen) atoms. The molecule has 0 unspecified atom stereocenters. The summed E-state index contributed by atoms with van der Waals surface area (Å²) in [4.78, 5) is 12.5. The lowest BCUT2D eigenvalue weighted by Crippen LogP contribution is -2.07. The van der Waals surface area contributed by atoms with E-state index in [2.05, 4.69) is 6.07 Å². The van der Waals surface area contributed by atoms with Crippen LogP contribution in [0.15, 0.2) is 36.4 Å². The minimum Gasteiger partial charge on any atom is -0.399 e. The maximum Gasteiger partial charge on any atom is 0.193 e. The first kappa shape index (κ1) is 13.2. The first-order chi connectivity index (χ1) is 9.63. The van der Waals surface area contributed by atoms with Crippen molar-refractivity contribution in [1.82, 2.24) is 0 Å². The second-order valence-electron chi connectivity index (χ2n) is 5.29. The third-order valence-electron chi connectivity index (χ3n) is 3.79. The Morgan fingerprint density at radius 2 is 1.70 bits per heavy atom. The number of nitrogens with two attached hydrogens (primary N) is 1. The van der Waals surface area contributed by atoms with Crippen LogP contribution in [-0.4, -0.2) is 5.78 Å². The highest BCUT2D eigenvalue weighted by Crippen LogP contribution is 2.24. The van der Waals surface area contributed by atoms with Gasteiger partial charge in [-0.2, -0.15) is 0 Å². The van der Waals surface area contributed by atoms with E-state index in [1.807, 2.05) is 12.1 Å². The zero-order chi connectivity index (χ0) is 14.1. The second-order valence-corrected chi connectivity index (χ2v) is 5.73. The van der Waals surface area contributed by atoms with Crippen LogP contribution in [-0.2, 0) is 12.8 Å². The van der Waals surface area contributed by atoms with Crippen molar-refractivity contribution < 1.29 is 4.79 Å². The first-order valence-electron chi connectivity index (χ1n) is 6.86. The van der Waals surface area contributed by atoms with Crippen molar-refractivity contribution >= 4 is 23.1 Å². The number of aryl methyl sites for hydroxylation is 2. The van der Waals surface area contributed by atoms with Crippen LogP contribution in [0.2, 0.25) is 5.02 Å². The summed E-state index contributed by atoms with van der Waals surface area (Å²) in [6.07, 6.45) is 4.63. The van der Waals surface area contributed by atoms with E-state index in [0.29, 0.717) is 21.8 Å². The van der Waals surface area contributed by atoms with Gasteiger partial charge in [0.05, 0.1) is 0 Å². The summed E-state index contributed by atoms with van der Waals surface area (Å²) in [5, 5.41) is 0.492. The van der Waals surface area contributed by atoms with E-state index < -0.39 is 0 Å². The first-order valence-corrected chi connectivity index (χ1v) is 7.24. The summed E-state index contributed by atoms with van der Waals surface area (Å²) >= 11 is 5.96. The van der Waals surface area contributed by atoms with Crippen LogP contribution in [0.1, 0.15) is 39.9 Å². The molecule has 0 aromatic heterocycles. The molecule has 0 radical (unpaired) electrons. The molecule has 2 N–H and O–H groups in total. The van der Waals surface area contributed by atoms with Gasteiger partial charge in [-0.1, -0.05) is 23.7 Å². The molecule has 1 aliphatic rings. The number of benzene rings is 2. The van der Waals surface area contributed by atoms with Gasteiger partial charge in [0.2, 0.25) is 0 Å². The van der Waals surface area contributed by atoms with Crippen molar-refractivity contribution in [2.24, 2.45) is 0 Å². The topological polar surface area (TPSA) is 43.1 Å². The molecule has 0 fully saturated rings. The number of carbonyl (C=O) groups excluding carboxylic acids is 1. The molecule has 0 saturated heterocycles. The van der Waals surface area contributed by atoms with Crippen molar-refractivity contribution in [3.05, 3.63) is 63.7 Å².